The van der Waals surface area contributed by atoms with E-state index in [1.54, 1.807) is 35.4 Å². The van der Waals surface area contributed by atoms with Crippen LogP contribution in [0.15, 0.2) is 88.2 Å². The summed E-state index contributed by atoms with van der Waals surface area (Å²) in [4.78, 5) is 39.5. The number of carbonyl (C=O) groups is 1. The lowest BCUT2D eigenvalue weighted by Crippen LogP contribution is -2.32. The van der Waals surface area contributed by atoms with Crippen molar-refractivity contribution < 1.29 is 9.21 Å². The summed E-state index contributed by atoms with van der Waals surface area (Å²) in [5.74, 6) is 1.23. The van der Waals surface area contributed by atoms with E-state index >= 15 is 0 Å². The minimum Gasteiger partial charge on any atom is -0.436 e. The third kappa shape index (κ3) is 4.48. The lowest BCUT2D eigenvalue weighted by molar-refractivity contribution is 0.0749. The molecule has 0 bridgehead atoms. The fourth-order valence-corrected chi connectivity index (χ4v) is 3.99. The standard InChI is InChI=1S/C28H24N4O3/c1-3-32(17-25-30-23-11-7-6-10-22(23)26(33)31-25)28(34)21-9-5-4-8-20(21)27-29-16-24(35-27)19-14-12-18(2)13-15-19/h4-16H,3,17H2,1-2H3,(H,30,31,33). The first-order valence-corrected chi connectivity index (χ1v) is 11.4. The zero-order chi connectivity index (χ0) is 24.4. The fraction of sp³-hybridized carbons (Fsp3) is 0.143. The molecule has 2 heterocycles. The average molecular weight is 465 g/mol. The second kappa shape index (κ2) is 9.38. The Morgan fingerprint density at radius 1 is 1.00 bits per heavy atom. The first-order chi connectivity index (χ1) is 17.0. The van der Waals surface area contributed by atoms with Crippen molar-refractivity contribution in [2.45, 2.75) is 20.4 Å². The average Bonchev–Trinajstić information content (AvgIpc) is 3.37. The van der Waals surface area contributed by atoms with Gasteiger partial charge in [0.15, 0.2) is 5.76 Å². The lowest BCUT2D eigenvalue weighted by Gasteiger charge is -2.21. The summed E-state index contributed by atoms with van der Waals surface area (Å²) in [6.07, 6.45) is 1.67. The highest BCUT2D eigenvalue weighted by Gasteiger charge is 2.22. The summed E-state index contributed by atoms with van der Waals surface area (Å²) >= 11 is 0. The van der Waals surface area contributed by atoms with Gasteiger partial charge in [-0.2, -0.15) is 0 Å². The molecule has 0 saturated carbocycles. The highest BCUT2D eigenvalue weighted by Crippen LogP contribution is 2.29. The summed E-state index contributed by atoms with van der Waals surface area (Å²) in [6.45, 7) is 4.52. The first kappa shape index (κ1) is 22.3. The molecule has 1 N–H and O–H groups in total. The van der Waals surface area contributed by atoms with E-state index in [-0.39, 0.29) is 18.0 Å². The van der Waals surface area contributed by atoms with E-state index in [9.17, 15) is 9.59 Å². The molecule has 2 aromatic heterocycles. The monoisotopic (exact) mass is 464 g/mol. The number of aromatic nitrogens is 3. The van der Waals surface area contributed by atoms with Gasteiger partial charge in [0, 0.05) is 17.7 Å². The second-order valence-corrected chi connectivity index (χ2v) is 8.29. The van der Waals surface area contributed by atoms with E-state index in [1.807, 2.05) is 62.4 Å². The maximum Gasteiger partial charge on any atom is 0.258 e. The molecule has 0 aliphatic rings. The van der Waals surface area contributed by atoms with Crippen LogP contribution in [0, 0.1) is 6.92 Å². The van der Waals surface area contributed by atoms with Crippen LogP contribution in [0.25, 0.3) is 33.7 Å². The highest BCUT2D eigenvalue weighted by atomic mass is 16.4. The van der Waals surface area contributed by atoms with E-state index in [1.165, 1.54) is 0 Å². The van der Waals surface area contributed by atoms with Gasteiger partial charge in [0.05, 0.1) is 29.2 Å². The molecule has 35 heavy (non-hydrogen) atoms. The van der Waals surface area contributed by atoms with Crippen LogP contribution >= 0.6 is 0 Å². The van der Waals surface area contributed by atoms with Crippen molar-refractivity contribution in [3.8, 4) is 22.8 Å². The number of hydrogen-bond acceptors (Lipinski definition) is 5. The molecule has 0 aliphatic carbocycles. The normalized spacial score (nSPS) is 11.0. The summed E-state index contributed by atoms with van der Waals surface area (Å²) in [6, 6.07) is 22.4. The van der Waals surface area contributed by atoms with Crippen molar-refractivity contribution in [2.75, 3.05) is 6.54 Å². The third-order valence-corrected chi connectivity index (χ3v) is 5.90. The van der Waals surface area contributed by atoms with Gasteiger partial charge in [-0.1, -0.05) is 54.1 Å². The Kier molecular flexibility index (Phi) is 5.97. The Hall–Kier alpha value is -4.52. The van der Waals surface area contributed by atoms with Crippen LogP contribution in [0.2, 0.25) is 0 Å². The molecule has 3 aromatic carbocycles. The molecular weight excluding hydrogens is 440 g/mol. The van der Waals surface area contributed by atoms with Crippen LogP contribution in [0.5, 0.6) is 0 Å². The first-order valence-electron chi connectivity index (χ1n) is 11.4. The van der Waals surface area contributed by atoms with Crippen LogP contribution in [-0.4, -0.2) is 32.3 Å². The van der Waals surface area contributed by atoms with E-state index in [2.05, 4.69) is 15.0 Å². The predicted octanol–water partition coefficient (Wildman–Crippen LogP) is 5.22. The molecule has 5 aromatic rings. The molecule has 0 spiro atoms. The lowest BCUT2D eigenvalue weighted by atomic mass is 10.1. The number of rotatable bonds is 6. The minimum absolute atomic E-state index is 0.171. The summed E-state index contributed by atoms with van der Waals surface area (Å²) in [5.41, 5.74) is 3.52. The van der Waals surface area contributed by atoms with Crippen LogP contribution in [0.4, 0.5) is 0 Å². The van der Waals surface area contributed by atoms with Crippen molar-refractivity contribution >= 4 is 16.8 Å². The quantitative estimate of drug-likeness (QED) is 0.372. The molecule has 0 fully saturated rings. The van der Waals surface area contributed by atoms with Gasteiger partial charge >= 0.3 is 0 Å². The van der Waals surface area contributed by atoms with Crippen molar-refractivity contribution in [1.29, 1.82) is 0 Å². The summed E-state index contributed by atoms with van der Waals surface area (Å²) in [5, 5.41) is 0.518. The molecule has 174 valence electrons. The van der Waals surface area contributed by atoms with Gasteiger partial charge in [0.25, 0.3) is 11.5 Å². The van der Waals surface area contributed by atoms with Gasteiger partial charge in [0.1, 0.15) is 5.82 Å². The molecular formula is C28H24N4O3. The fourth-order valence-electron chi connectivity index (χ4n) is 3.99. The number of para-hydroxylation sites is 1. The van der Waals surface area contributed by atoms with Gasteiger partial charge in [-0.3, -0.25) is 9.59 Å². The molecule has 0 radical (unpaired) electrons. The maximum absolute atomic E-state index is 13.6. The third-order valence-electron chi connectivity index (χ3n) is 5.90. The molecule has 1 amide bonds. The number of hydrogen-bond donors (Lipinski definition) is 1. The van der Waals surface area contributed by atoms with Crippen LogP contribution < -0.4 is 5.56 Å². The Morgan fingerprint density at radius 3 is 2.54 bits per heavy atom. The predicted molar refractivity (Wildman–Crippen MR) is 135 cm³/mol. The van der Waals surface area contributed by atoms with E-state index in [0.717, 1.165) is 11.1 Å². The Morgan fingerprint density at radius 2 is 1.74 bits per heavy atom. The smallest absolute Gasteiger partial charge is 0.258 e. The van der Waals surface area contributed by atoms with Gasteiger partial charge in [-0.05, 0) is 38.1 Å². The summed E-state index contributed by atoms with van der Waals surface area (Å²) < 4.78 is 6.04. The van der Waals surface area contributed by atoms with Crippen molar-refractivity contribution in [3.05, 3.63) is 106 Å². The zero-order valence-corrected chi connectivity index (χ0v) is 19.5. The number of amides is 1. The molecule has 5 rings (SSSR count). The van der Waals surface area contributed by atoms with E-state index in [4.69, 9.17) is 4.42 Å². The number of benzene rings is 3. The number of oxazole rings is 1. The van der Waals surface area contributed by atoms with Crippen LogP contribution in [0.3, 0.4) is 0 Å². The second-order valence-electron chi connectivity index (χ2n) is 8.29. The Labute approximate surface area is 202 Å². The minimum atomic E-state index is -0.224. The molecule has 0 atom stereocenters. The number of aromatic amines is 1. The Bertz CT molecular complexity index is 1570. The zero-order valence-electron chi connectivity index (χ0n) is 19.5. The molecule has 0 saturated heterocycles. The number of H-pyrrole nitrogens is 1. The maximum atomic E-state index is 13.6. The number of carbonyl (C=O) groups excluding carboxylic acids is 1. The van der Waals surface area contributed by atoms with Crippen molar-refractivity contribution in [2.24, 2.45) is 0 Å². The van der Waals surface area contributed by atoms with Gasteiger partial charge in [0.2, 0.25) is 5.89 Å². The number of aryl methyl sites for hydroxylation is 1. The van der Waals surface area contributed by atoms with Crippen molar-refractivity contribution in [1.82, 2.24) is 19.9 Å². The molecule has 0 aliphatic heterocycles. The van der Waals surface area contributed by atoms with Gasteiger partial charge in [-0.15, -0.1) is 0 Å². The SMILES string of the molecule is CCN(Cc1nc2ccccc2c(=O)[nH]1)C(=O)c1ccccc1-c1ncc(-c2ccc(C)cc2)o1. The number of nitrogens with zero attached hydrogens (tertiary/aromatic N) is 3. The topological polar surface area (TPSA) is 92.1 Å². The molecule has 0 unspecified atom stereocenters. The number of nitrogens with one attached hydrogen (secondary N) is 1. The highest BCUT2D eigenvalue weighted by molar-refractivity contribution is 6.00. The summed E-state index contributed by atoms with van der Waals surface area (Å²) in [7, 11) is 0. The van der Waals surface area contributed by atoms with Crippen molar-refractivity contribution in [3.63, 3.8) is 0 Å². The largest absolute Gasteiger partial charge is 0.436 e. The van der Waals surface area contributed by atoms with Crippen LogP contribution in [0.1, 0.15) is 28.7 Å². The van der Waals surface area contributed by atoms with Crippen LogP contribution in [-0.2, 0) is 6.54 Å². The molecule has 7 heteroatoms. The number of fused-ring (bicyclic) bond motifs is 1. The molecule has 7 nitrogen and oxygen atoms in total. The van der Waals surface area contributed by atoms with Gasteiger partial charge < -0.3 is 14.3 Å². The van der Waals surface area contributed by atoms with E-state index < -0.39 is 0 Å². The van der Waals surface area contributed by atoms with Gasteiger partial charge in [-0.25, -0.2) is 9.97 Å². The van der Waals surface area contributed by atoms with E-state index in [0.29, 0.717) is 46.0 Å². The Balaban J connectivity index is 1.45.